The van der Waals surface area contributed by atoms with Crippen LogP contribution in [-0.4, -0.2) is 32.3 Å². The predicted octanol–water partition coefficient (Wildman–Crippen LogP) is 20.3. The second-order valence-electron chi connectivity index (χ2n) is 26.6. The molecule has 4 aromatic heterocycles. The first-order valence-electron chi connectivity index (χ1n) is 32.2. The van der Waals surface area contributed by atoms with Crippen LogP contribution in [0.15, 0.2) is 240 Å². The number of para-hydroxylation sites is 3. The molecule has 2 aliphatic carbocycles. The molecule has 3 atom stereocenters. The number of nitrogens with one attached hydrogen (secondary N) is 1. The maximum absolute atomic E-state index is 7.12. The van der Waals surface area contributed by atoms with Crippen LogP contribution in [0.3, 0.4) is 0 Å². The van der Waals surface area contributed by atoms with Crippen molar-refractivity contribution in [1.29, 1.82) is 0 Å². The minimum absolute atomic E-state index is 0.180. The number of anilines is 2. The van der Waals surface area contributed by atoms with Crippen molar-refractivity contribution in [2.75, 3.05) is 17.2 Å². The van der Waals surface area contributed by atoms with Gasteiger partial charge < -0.3 is 34.1 Å². The molecule has 0 amide bonds. The molecule has 7 nitrogen and oxygen atoms in total. The molecule has 0 saturated heterocycles. The molecule has 4 aliphatic rings. The van der Waals surface area contributed by atoms with Crippen LogP contribution < -0.4 is 16.0 Å². The largest absolute Gasteiger partial charge is 0.456 e. The van der Waals surface area contributed by atoms with E-state index in [1.54, 1.807) is 11.1 Å². The minimum atomic E-state index is 0.180. The summed E-state index contributed by atoms with van der Waals surface area (Å²) >= 11 is 0. The summed E-state index contributed by atoms with van der Waals surface area (Å²) in [5, 5.41) is 11.2. The minimum Gasteiger partial charge on any atom is -0.456 e. The molecule has 0 bridgehead atoms. The zero-order valence-corrected chi connectivity index (χ0v) is 51.1. The Morgan fingerprint density at radius 3 is 1.93 bits per heavy atom. The second kappa shape index (κ2) is 20.9. The zero-order valence-electron chi connectivity index (χ0n) is 51.1. The third kappa shape index (κ3) is 8.87. The molecule has 13 aromatic rings. The molecule has 436 valence electrons. The van der Waals surface area contributed by atoms with E-state index in [0.717, 1.165) is 96.1 Å². The van der Waals surface area contributed by atoms with Gasteiger partial charge in [-0.15, -0.1) is 0 Å². The Balaban J connectivity index is 0.697. The van der Waals surface area contributed by atoms with Crippen LogP contribution in [0.1, 0.15) is 82.3 Å². The second-order valence-corrected chi connectivity index (χ2v) is 26.6. The molecule has 3 unspecified atom stereocenters. The Morgan fingerprint density at radius 1 is 0.562 bits per heavy atom. The highest BCUT2D eigenvalue weighted by Crippen LogP contribution is 2.50. The van der Waals surface area contributed by atoms with E-state index in [0.29, 0.717) is 5.92 Å². The molecule has 9 aromatic carbocycles. The van der Waals surface area contributed by atoms with Gasteiger partial charge in [0, 0.05) is 78.6 Å². The number of hydrogen-bond acceptors (Lipinski definition) is 4. The van der Waals surface area contributed by atoms with Gasteiger partial charge in [0.2, 0.25) is 0 Å². The maximum Gasteiger partial charge on any atom is 0.135 e. The molecular weight excluding hydrogens is 1080 g/mol. The van der Waals surface area contributed by atoms with Crippen molar-refractivity contribution in [1.82, 2.24) is 19.0 Å². The van der Waals surface area contributed by atoms with Crippen LogP contribution in [0.4, 0.5) is 11.4 Å². The van der Waals surface area contributed by atoms with Crippen LogP contribution in [0, 0.1) is 11.3 Å². The summed E-state index contributed by atoms with van der Waals surface area (Å²) in [5.74, 6) is 0.485. The molecular formula is C82H72N6O. The summed E-state index contributed by atoms with van der Waals surface area (Å²) in [6.45, 7) is 10.0. The Hall–Kier alpha value is -9.82. The van der Waals surface area contributed by atoms with Crippen molar-refractivity contribution in [3.05, 3.63) is 258 Å². The van der Waals surface area contributed by atoms with Gasteiger partial charge in [0.05, 0.1) is 45.5 Å². The lowest BCUT2D eigenvalue weighted by Gasteiger charge is -2.33. The standard InChI is InChI=1S/C82H72N6O/c1-5-6-24-76-80(83)68-47-55(30-37-74(68)86(76)59-20-11-8-12-21-59)56-31-38-75-69(48-56)81-77(26-16-41-84-81)88(75)60-22-15-17-52(43-60)53-28-35-72-64(44-53)62-23-13-14-25-70(62)87(72)61-33-40-79-67(49-61)66-46-57(32-39-78(66)89-79)54-29-36-73-65(45-54)63-42-51(50-82(2,3)4)27-34-71(63)85(73)58-18-9-7-10-19-58/h6-29,32-36,39-40,42-47,49,56,77,81,84H,5,30-31,37-38,41,48,50,83H2,1-4H3/b24-6-. The normalized spacial score (nSPS) is 17.7. The first-order chi connectivity index (χ1) is 43.6. The molecule has 2 aliphatic heterocycles. The summed E-state index contributed by atoms with van der Waals surface area (Å²) in [6, 6.07) is 74.8. The van der Waals surface area contributed by atoms with Gasteiger partial charge in [-0.1, -0.05) is 149 Å². The van der Waals surface area contributed by atoms with Crippen molar-refractivity contribution in [2.24, 2.45) is 11.3 Å². The molecule has 0 fully saturated rings. The van der Waals surface area contributed by atoms with Crippen molar-refractivity contribution in [3.63, 3.8) is 0 Å². The van der Waals surface area contributed by atoms with Crippen LogP contribution in [0.2, 0.25) is 0 Å². The summed E-state index contributed by atoms with van der Waals surface area (Å²) < 4.78 is 13.9. The smallest absolute Gasteiger partial charge is 0.135 e. The summed E-state index contributed by atoms with van der Waals surface area (Å²) in [6.07, 6.45) is 19.0. The molecule has 7 heteroatoms. The molecule has 6 heterocycles. The van der Waals surface area contributed by atoms with Crippen LogP contribution in [-0.2, 0) is 12.8 Å². The molecule has 0 saturated carbocycles. The molecule has 0 spiro atoms. The van der Waals surface area contributed by atoms with E-state index in [1.807, 2.05) is 0 Å². The summed E-state index contributed by atoms with van der Waals surface area (Å²) in [5.41, 5.74) is 33.9. The third-order valence-corrected chi connectivity index (χ3v) is 19.8. The predicted molar refractivity (Wildman–Crippen MR) is 374 cm³/mol. The van der Waals surface area contributed by atoms with Crippen molar-refractivity contribution >= 4 is 89.1 Å². The molecule has 0 radical (unpaired) electrons. The van der Waals surface area contributed by atoms with Gasteiger partial charge in [-0.05, 0) is 205 Å². The first kappa shape index (κ1) is 53.4. The highest BCUT2D eigenvalue weighted by Gasteiger charge is 2.44. The van der Waals surface area contributed by atoms with E-state index in [-0.39, 0.29) is 17.5 Å². The van der Waals surface area contributed by atoms with Crippen molar-refractivity contribution in [3.8, 4) is 39.3 Å². The Kier molecular flexibility index (Phi) is 12.6. The number of allylic oxidation sites excluding steroid dienone is 3. The fourth-order valence-corrected chi connectivity index (χ4v) is 15.9. The average molecular weight is 1160 g/mol. The van der Waals surface area contributed by atoms with Gasteiger partial charge >= 0.3 is 0 Å². The maximum atomic E-state index is 7.12. The third-order valence-electron chi connectivity index (χ3n) is 19.8. The van der Waals surface area contributed by atoms with Gasteiger partial charge in [-0.3, -0.25) is 0 Å². The number of hydrogen-bond donors (Lipinski definition) is 2. The van der Waals surface area contributed by atoms with Crippen LogP contribution in [0.25, 0.3) is 117 Å². The molecule has 89 heavy (non-hydrogen) atoms. The molecule has 17 rings (SSSR count). The SMILES string of the molecule is CC/C=C\c1c(N)c2c(n1-c1ccccc1)CCC(C1CCC3=C(C1)C1NCC=CC1N3c1cccc(-c3ccc4c(c3)c3ccccc3n4-c3ccc4oc5ccc(-c6ccc7c(c6)c6cc(CC(C)(C)C)ccc6n7-c6ccccc6)cc5c4c3)c1)=C2. The monoisotopic (exact) mass is 1160 g/mol. The van der Waals surface area contributed by atoms with E-state index in [1.165, 1.54) is 99.9 Å². The Labute approximate surface area is 520 Å². The lowest BCUT2D eigenvalue weighted by Crippen LogP contribution is -2.46. The van der Waals surface area contributed by atoms with Gasteiger partial charge in [0.15, 0.2) is 0 Å². The number of nitrogens with two attached hydrogens (primary N) is 1. The number of aromatic nitrogens is 3. The van der Waals surface area contributed by atoms with Crippen molar-refractivity contribution < 1.29 is 4.42 Å². The van der Waals surface area contributed by atoms with E-state index in [9.17, 15) is 0 Å². The van der Waals surface area contributed by atoms with E-state index in [4.69, 9.17) is 10.2 Å². The molecule has 3 N–H and O–H groups in total. The number of nitrogen functional groups attached to an aromatic ring is 1. The highest BCUT2D eigenvalue weighted by atomic mass is 16.3. The van der Waals surface area contributed by atoms with Gasteiger partial charge in [0.1, 0.15) is 11.2 Å². The summed E-state index contributed by atoms with van der Waals surface area (Å²) in [4.78, 5) is 2.68. The quantitative estimate of drug-likeness (QED) is 0.134. The van der Waals surface area contributed by atoms with Crippen molar-refractivity contribution in [2.45, 2.75) is 84.7 Å². The number of rotatable bonds is 10. The zero-order chi connectivity index (χ0) is 59.6. The average Bonchev–Trinajstić information content (AvgIpc) is 1.90. The topological polar surface area (TPSA) is 69.2 Å². The summed E-state index contributed by atoms with van der Waals surface area (Å²) in [7, 11) is 0. The fourth-order valence-electron chi connectivity index (χ4n) is 15.9. The number of furan rings is 1. The lowest BCUT2D eigenvalue weighted by atomic mass is 9.77. The first-order valence-corrected chi connectivity index (χ1v) is 32.2. The van der Waals surface area contributed by atoms with Gasteiger partial charge in [-0.25, -0.2) is 0 Å². The Morgan fingerprint density at radius 2 is 1.18 bits per heavy atom. The van der Waals surface area contributed by atoms with E-state index < -0.39 is 0 Å². The Bertz CT molecular complexity index is 5150. The van der Waals surface area contributed by atoms with Crippen LogP contribution in [0.5, 0.6) is 0 Å². The van der Waals surface area contributed by atoms with Crippen LogP contribution >= 0.6 is 0 Å². The van der Waals surface area contributed by atoms with E-state index in [2.05, 4.69) is 282 Å². The lowest BCUT2D eigenvalue weighted by molar-refractivity contribution is 0.411. The number of nitrogens with zero attached hydrogens (tertiary/aromatic N) is 4. The van der Waals surface area contributed by atoms with Gasteiger partial charge in [0.25, 0.3) is 0 Å². The number of fused-ring (bicyclic) bond motifs is 12. The highest BCUT2D eigenvalue weighted by molar-refractivity contribution is 6.13. The fraction of sp³-hybridized carbons (Fsp3) is 0.195. The van der Waals surface area contributed by atoms with Gasteiger partial charge in [-0.2, -0.15) is 0 Å². The van der Waals surface area contributed by atoms with E-state index >= 15 is 0 Å². The number of benzene rings is 9.